The van der Waals surface area contributed by atoms with Gasteiger partial charge in [-0.15, -0.1) is 0 Å². The Labute approximate surface area is 277 Å². The third kappa shape index (κ3) is 4.86. The summed E-state index contributed by atoms with van der Waals surface area (Å²) < 4.78 is 0. The summed E-state index contributed by atoms with van der Waals surface area (Å²) in [5.41, 5.74) is 9.24. The van der Waals surface area contributed by atoms with Gasteiger partial charge in [0.2, 0.25) is 0 Å². The monoisotopic (exact) mass is 613 g/mol. The lowest BCUT2D eigenvalue weighted by atomic mass is 9.94. The number of hydrogen-bond donors (Lipinski definition) is 0. The van der Waals surface area contributed by atoms with Crippen molar-refractivity contribution in [3.63, 3.8) is 0 Å². The van der Waals surface area contributed by atoms with Gasteiger partial charge in [0.15, 0.2) is 17.5 Å². The van der Waals surface area contributed by atoms with Crippen molar-refractivity contribution < 1.29 is 0 Å². The lowest BCUT2D eigenvalue weighted by Gasteiger charge is -2.13. The van der Waals surface area contributed by atoms with Crippen LogP contribution in [-0.2, 0) is 0 Å². The minimum atomic E-state index is 0.631. The second kappa shape index (κ2) is 11.6. The van der Waals surface area contributed by atoms with Gasteiger partial charge < -0.3 is 0 Å². The first kappa shape index (κ1) is 27.7. The molecule has 0 spiro atoms. The van der Waals surface area contributed by atoms with Crippen molar-refractivity contribution in [3.8, 4) is 56.4 Å². The molecule has 0 radical (unpaired) electrons. The molecular formula is C43H27N5. The second-order valence-electron chi connectivity index (χ2n) is 11.7. The summed E-state index contributed by atoms with van der Waals surface area (Å²) >= 11 is 0. The van der Waals surface area contributed by atoms with E-state index in [0.717, 1.165) is 66.0 Å². The van der Waals surface area contributed by atoms with Crippen LogP contribution in [0, 0.1) is 0 Å². The van der Waals surface area contributed by atoms with E-state index in [9.17, 15) is 0 Å². The van der Waals surface area contributed by atoms with Crippen LogP contribution in [0.5, 0.6) is 0 Å². The van der Waals surface area contributed by atoms with Crippen molar-refractivity contribution in [3.05, 3.63) is 164 Å². The first-order valence-electron chi connectivity index (χ1n) is 15.9. The van der Waals surface area contributed by atoms with Crippen LogP contribution in [0.2, 0.25) is 0 Å². The molecule has 0 fully saturated rings. The molecule has 3 aromatic heterocycles. The number of nitrogens with zero attached hydrogens (tertiary/aromatic N) is 5. The van der Waals surface area contributed by atoms with Gasteiger partial charge in [0, 0.05) is 45.2 Å². The quantitative estimate of drug-likeness (QED) is 0.181. The maximum absolute atomic E-state index is 4.92. The van der Waals surface area contributed by atoms with Crippen LogP contribution in [-0.4, -0.2) is 24.9 Å². The second-order valence-corrected chi connectivity index (χ2v) is 11.7. The van der Waals surface area contributed by atoms with Crippen LogP contribution < -0.4 is 0 Å². The van der Waals surface area contributed by atoms with Crippen LogP contribution in [0.4, 0.5) is 0 Å². The van der Waals surface area contributed by atoms with E-state index in [4.69, 9.17) is 24.9 Å². The predicted molar refractivity (Wildman–Crippen MR) is 195 cm³/mol. The van der Waals surface area contributed by atoms with Crippen molar-refractivity contribution in [1.29, 1.82) is 0 Å². The summed E-state index contributed by atoms with van der Waals surface area (Å²) in [6, 6.07) is 51.9. The summed E-state index contributed by atoms with van der Waals surface area (Å²) in [5.74, 6) is 1.92. The summed E-state index contributed by atoms with van der Waals surface area (Å²) in [4.78, 5) is 24.5. The fourth-order valence-electron chi connectivity index (χ4n) is 6.49. The molecule has 9 aromatic rings. The van der Waals surface area contributed by atoms with Gasteiger partial charge in [-0.25, -0.2) is 15.0 Å². The fourth-order valence-corrected chi connectivity index (χ4v) is 6.49. The highest BCUT2D eigenvalue weighted by atomic mass is 15.0. The van der Waals surface area contributed by atoms with Gasteiger partial charge in [0.05, 0.1) is 11.0 Å². The first-order chi connectivity index (χ1) is 23.8. The highest BCUT2D eigenvalue weighted by molar-refractivity contribution is 6.21. The SMILES string of the molecule is c1ccc(-c2nc(-c3ccccc3)nc(-c3ccc(-c4ccnc5c4ccc4ccc6c(-c7ccccc7)ccnc6c45)cc3)n2)cc1. The van der Waals surface area contributed by atoms with E-state index in [1.165, 1.54) is 5.56 Å². The topological polar surface area (TPSA) is 64.5 Å². The molecule has 3 heterocycles. The standard InChI is InChI=1S/C43H27N5/c1-4-10-28(11-5-1)34-24-26-44-39-36(34)22-20-30-21-23-37-35(25-27-45-40(37)38(30)39)29-16-18-33(19-17-29)43-47-41(31-12-6-2-7-13-31)46-42(48-43)32-14-8-3-9-15-32/h1-27H. The molecule has 0 aliphatic rings. The summed E-state index contributed by atoms with van der Waals surface area (Å²) in [7, 11) is 0. The first-order valence-corrected chi connectivity index (χ1v) is 15.9. The Balaban J connectivity index is 1.16. The smallest absolute Gasteiger partial charge is 0.164 e. The normalized spacial score (nSPS) is 11.3. The molecule has 5 heteroatoms. The molecular weight excluding hydrogens is 587 g/mol. The molecule has 0 aliphatic carbocycles. The highest BCUT2D eigenvalue weighted by Crippen LogP contribution is 2.38. The average molecular weight is 614 g/mol. The number of hydrogen-bond acceptors (Lipinski definition) is 5. The van der Waals surface area contributed by atoms with E-state index in [-0.39, 0.29) is 0 Å². The maximum Gasteiger partial charge on any atom is 0.164 e. The minimum Gasteiger partial charge on any atom is -0.255 e. The van der Waals surface area contributed by atoms with E-state index in [2.05, 4.69) is 84.9 Å². The Morgan fingerprint density at radius 1 is 0.312 bits per heavy atom. The maximum atomic E-state index is 4.92. The minimum absolute atomic E-state index is 0.631. The third-order valence-corrected chi connectivity index (χ3v) is 8.84. The van der Waals surface area contributed by atoms with E-state index in [1.54, 1.807) is 0 Å². The van der Waals surface area contributed by atoms with Gasteiger partial charge in [-0.1, -0.05) is 140 Å². The molecule has 0 saturated heterocycles. The van der Waals surface area contributed by atoms with Gasteiger partial charge in [-0.3, -0.25) is 9.97 Å². The molecule has 0 N–H and O–H groups in total. The van der Waals surface area contributed by atoms with E-state index in [0.29, 0.717) is 17.5 Å². The lowest BCUT2D eigenvalue weighted by Crippen LogP contribution is -2.00. The Kier molecular flexibility index (Phi) is 6.72. The molecule has 5 nitrogen and oxygen atoms in total. The fraction of sp³-hybridized carbons (Fsp3) is 0. The van der Waals surface area contributed by atoms with Gasteiger partial charge in [-0.05, 0) is 39.8 Å². The Morgan fingerprint density at radius 3 is 1.15 bits per heavy atom. The number of pyridine rings is 2. The molecule has 0 bridgehead atoms. The van der Waals surface area contributed by atoms with E-state index >= 15 is 0 Å². The predicted octanol–water partition coefficient (Wildman–Crippen LogP) is 10.5. The van der Waals surface area contributed by atoms with Gasteiger partial charge in [-0.2, -0.15) is 0 Å². The van der Waals surface area contributed by atoms with Gasteiger partial charge in [0.25, 0.3) is 0 Å². The van der Waals surface area contributed by atoms with Crippen molar-refractivity contribution >= 4 is 32.6 Å². The highest BCUT2D eigenvalue weighted by Gasteiger charge is 2.15. The number of rotatable bonds is 5. The Hall–Kier alpha value is -6.59. The van der Waals surface area contributed by atoms with Crippen molar-refractivity contribution in [2.24, 2.45) is 0 Å². The van der Waals surface area contributed by atoms with E-state index < -0.39 is 0 Å². The van der Waals surface area contributed by atoms with Crippen molar-refractivity contribution in [2.45, 2.75) is 0 Å². The summed E-state index contributed by atoms with van der Waals surface area (Å²) in [6.07, 6.45) is 3.80. The molecule has 48 heavy (non-hydrogen) atoms. The molecule has 0 amide bonds. The third-order valence-electron chi connectivity index (χ3n) is 8.84. The van der Waals surface area contributed by atoms with Crippen LogP contribution in [0.1, 0.15) is 0 Å². The number of aromatic nitrogens is 5. The molecule has 224 valence electrons. The zero-order valence-corrected chi connectivity index (χ0v) is 25.8. The molecule has 0 aliphatic heterocycles. The van der Waals surface area contributed by atoms with E-state index in [1.807, 2.05) is 79.1 Å². The average Bonchev–Trinajstić information content (AvgIpc) is 3.18. The zero-order chi connectivity index (χ0) is 31.9. The van der Waals surface area contributed by atoms with Gasteiger partial charge in [0.1, 0.15) is 0 Å². The van der Waals surface area contributed by atoms with Crippen molar-refractivity contribution in [1.82, 2.24) is 24.9 Å². The molecule has 0 saturated carbocycles. The molecule has 0 atom stereocenters. The number of benzene rings is 6. The summed E-state index contributed by atoms with van der Waals surface area (Å²) in [5, 5.41) is 4.37. The molecule has 6 aromatic carbocycles. The van der Waals surface area contributed by atoms with Crippen LogP contribution in [0.3, 0.4) is 0 Å². The zero-order valence-electron chi connectivity index (χ0n) is 25.8. The van der Waals surface area contributed by atoms with Crippen LogP contribution >= 0.6 is 0 Å². The van der Waals surface area contributed by atoms with Crippen LogP contribution in [0.25, 0.3) is 89.0 Å². The van der Waals surface area contributed by atoms with Crippen LogP contribution in [0.15, 0.2) is 164 Å². The summed E-state index contributed by atoms with van der Waals surface area (Å²) in [6.45, 7) is 0. The van der Waals surface area contributed by atoms with Gasteiger partial charge >= 0.3 is 0 Å². The molecule has 0 unspecified atom stereocenters. The largest absolute Gasteiger partial charge is 0.255 e. The Morgan fingerprint density at radius 2 is 0.688 bits per heavy atom. The Bertz CT molecular complexity index is 2530. The number of fused-ring (bicyclic) bond motifs is 5. The molecule has 9 rings (SSSR count). The van der Waals surface area contributed by atoms with Crippen molar-refractivity contribution in [2.75, 3.05) is 0 Å². The lowest BCUT2D eigenvalue weighted by molar-refractivity contribution is 1.07.